The molecule has 0 aromatic carbocycles. The molecule has 0 saturated carbocycles. The number of carbonyl (C=O) groups is 1. The van der Waals surface area contributed by atoms with Gasteiger partial charge in [-0.25, -0.2) is 9.97 Å². The molecule has 2 aromatic heterocycles. The molecule has 9 heteroatoms. The van der Waals surface area contributed by atoms with Gasteiger partial charge in [-0.1, -0.05) is 5.16 Å². The Morgan fingerprint density at radius 1 is 1.36 bits per heavy atom. The largest absolute Gasteiger partial charge is 0.481 e. The van der Waals surface area contributed by atoms with Crippen LogP contribution in [0.4, 0.5) is 0 Å². The molecule has 2 aromatic rings. The SMILES string of the molecule is COc1ncncc1CN1CC(N2CC(c3nc(C)no3)CC2=O)C1. The molecule has 1 unspecified atom stereocenters. The number of aryl methyl sites for hydroxylation is 1. The Balaban J connectivity index is 1.34. The Kier molecular flexibility index (Phi) is 4.08. The average molecular weight is 344 g/mol. The summed E-state index contributed by atoms with van der Waals surface area (Å²) in [4.78, 5) is 29.0. The maximum Gasteiger partial charge on any atom is 0.232 e. The van der Waals surface area contributed by atoms with Crippen molar-refractivity contribution in [2.75, 3.05) is 26.7 Å². The van der Waals surface area contributed by atoms with Gasteiger partial charge >= 0.3 is 0 Å². The number of nitrogens with zero attached hydrogens (tertiary/aromatic N) is 6. The molecule has 4 heterocycles. The van der Waals surface area contributed by atoms with Crippen molar-refractivity contribution in [2.24, 2.45) is 0 Å². The monoisotopic (exact) mass is 344 g/mol. The van der Waals surface area contributed by atoms with Gasteiger partial charge in [0.05, 0.1) is 19.1 Å². The van der Waals surface area contributed by atoms with Crippen molar-refractivity contribution in [1.29, 1.82) is 0 Å². The van der Waals surface area contributed by atoms with Crippen molar-refractivity contribution in [3.63, 3.8) is 0 Å². The second-order valence-corrected chi connectivity index (χ2v) is 6.53. The predicted molar refractivity (Wildman–Crippen MR) is 85.8 cm³/mol. The number of likely N-dealkylation sites (tertiary alicyclic amines) is 2. The zero-order chi connectivity index (χ0) is 17.4. The Labute approximate surface area is 145 Å². The Bertz CT molecular complexity index is 773. The lowest BCUT2D eigenvalue weighted by Crippen LogP contribution is -2.59. The minimum atomic E-state index is 0.00497. The molecular formula is C16H20N6O3. The van der Waals surface area contributed by atoms with Gasteiger partial charge in [0.25, 0.3) is 0 Å². The second-order valence-electron chi connectivity index (χ2n) is 6.53. The zero-order valence-corrected chi connectivity index (χ0v) is 14.3. The minimum Gasteiger partial charge on any atom is -0.481 e. The fourth-order valence-electron chi connectivity index (χ4n) is 3.48. The van der Waals surface area contributed by atoms with E-state index in [1.165, 1.54) is 6.33 Å². The van der Waals surface area contributed by atoms with Crippen LogP contribution in [0, 0.1) is 6.92 Å². The lowest BCUT2D eigenvalue weighted by atomic mass is 10.1. The van der Waals surface area contributed by atoms with Gasteiger partial charge in [0, 0.05) is 44.4 Å². The van der Waals surface area contributed by atoms with Crippen molar-refractivity contribution in [3.05, 3.63) is 29.8 Å². The summed E-state index contributed by atoms with van der Waals surface area (Å²) >= 11 is 0. The number of rotatable bonds is 5. The summed E-state index contributed by atoms with van der Waals surface area (Å²) in [6.45, 7) is 4.82. The summed E-state index contributed by atoms with van der Waals surface area (Å²) in [6.07, 6.45) is 3.69. The maximum absolute atomic E-state index is 12.3. The van der Waals surface area contributed by atoms with E-state index < -0.39 is 0 Å². The first-order chi connectivity index (χ1) is 12.1. The maximum atomic E-state index is 12.3. The smallest absolute Gasteiger partial charge is 0.232 e. The topological polar surface area (TPSA) is 97.5 Å². The van der Waals surface area contributed by atoms with E-state index in [0.29, 0.717) is 30.6 Å². The predicted octanol–water partition coefficient (Wildman–Crippen LogP) is 0.377. The van der Waals surface area contributed by atoms with Crippen LogP contribution in [-0.2, 0) is 11.3 Å². The van der Waals surface area contributed by atoms with Crippen LogP contribution in [-0.4, -0.2) is 68.6 Å². The molecule has 4 rings (SSSR count). The molecule has 9 nitrogen and oxygen atoms in total. The number of ether oxygens (including phenoxy) is 1. The van der Waals surface area contributed by atoms with Crippen molar-refractivity contribution in [3.8, 4) is 5.88 Å². The minimum absolute atomic E-state index is 0.00497. The third-order valence-corrected chi connectivity index (χ3v) is 4.76. The van der Waals surface area contributed by atoms with Crippen molar-refractivity contribution >= 4 is 5.91 Å². The highest BCUT2D eigenvalue weighted by Gasteiger charge is 2.42. The molecule has 132 valence electrons. The fourth-order valence-corrected chi connectivity index (χ4v) is 3.48. The van der Waals surface area contributed by atoms with Crippen LogP contribution in [0.15, 0.2) is 17.0 Å². The molecule has 2 saturated heterocycles. The molecule has 1 atom stereocenters. The molecule has 1 amide bonds. The van der Waals surface area contributed by atoms with E-state index in [2.05, 4.69) is 25.0 Å². The van der Waals surface area contributed by atoms with Crippen molar-refractivity contribution in [1.82, 2.24) is 29.9 Å². The zero-order valence-electron chi connectivity index (χ0n) is 14.3. The molecule has 2 fully saturated rings. The van der Waals surface area contributed by atoms with Gasteiger partial charge in [-0.15, -0.1) is 0 Å². The summed E-state index contributed by atoms with van der Waals surface area (Å²) < 4.78 is 10.5. The highest BCUT2D eigenvalue weighted by atomic mass is 16.5. The number of methoxy groups -OCH3 is 1. The third-order valence-electron chi connectivity index (χ3n) is 4.76. The van der Waals surface area contributed by atoms with Gasteiger partial charge in [-0.3, -0.25) is 9.69 Å². The summed E-state index contributed by atoms with van der Waals surface area (Å²) in [5.41, 5.74) is 0.954. The number of hydrogen-bond donors (Lipinski definition) is 0. The van der Waals surface area contributed by atoms with Crippen LogP contribution in [0.1, 0.15) is 29.6 Å². The molecule has 0 spiro atoms. The van der Waals surface area contributed by atoms with Crippen LogP contribution < -0.4 is 4.74 Å². The normalized spacial score (nSPS) is 21.6. The molecule has 2 aliphatic rings. The van der Waals surface area contributed by atoms with E-state index in [4.69, 9.17) is 9.26 Å². The quantitative estimate of drug-likeness (QED) is 0.768. The fraction of sp³-hybridized carbons (Fsp3) is 0.562. The van der Waals surface area contributed by atoms with Gasteiger partial charge in [0.1, 0.15) is 6.33 Å². The van der Waals surface area contributed by atoms with Gasteiger partial charge in [-0.2, -0.15) is 4.98 Å². The number of carbonyl (C=O) groups excluding carboxylic acids is 1. The number of aromatic nitrogens is 4. The highest BCUT2D eigenvalue weighted by molar-refractivity contribution is 5.80. The first-order valence-electron chi connectivity index (χ1n) is 8.29. The molecule has 2 aliphatic heterocycles. The first kappa shape index (κ1) is 15.9. The van der Waals surface area contributed by atoms with Crippen LogP contribution in [0.2, 0.25) is 0 Å². The number of amides is 1. The van der Waals surface area contributed by atoms with Crippen LogP contribution in [0.25, 0.3) is 0 Å². The lowest BCUT2D eigenvalue weighted by Gasteiger charge is -2.44. The second kappa shape index (κ2) is 6.40. The summed E-state index contributed by atoms with van der Waals surface area (Å²) in [6, 6.07) is 0.233. The van der Waals surface area contributed by atoms with Crippen molar-refractivity contribution in [2.45, 2.75) is 31.8 Å². The molecule has 25 heavy (non-hydrogen) atoms. The highest BCUT2D eigenvalue weighted by Crippen LogP contribution is 2.31. The Morgan fingerprint density at radius 2 is 2.20 bits per heavy atom. The van der Waals surface area contributed by atoms with Crippen LogP contribution in [0.3, 0.4) is 0 Å². The summed E-state index contributed by atoms with van der Waals surface area (Å²) in [5.74, 6) is 1.93. The number of hydrogen-bond acceptors (Lipinski definition) is 8. The van der Waals surface area contributed by atoms with Crippen LogP contribution in [0.5, 0.6) is 5.88 Å². The Morgan fingerprint density at radius 3 is 2.92 bits per heavy atom. The van der Waals surface area contributed by atoms with E-state index in [9.17, 15) is 4.79 Å². The molecule has 0 bridgehead atoms. The molecular weight excluding hydrogens is 324 g/mol. The lowest BCUT2D eigenvalue weighted by molar-refractivity contribution is -0.133. The van der Waals surface area contributed by atoms with Gasteiger partial charge in [-0.05, 0) is 6.92 Å². The Hall–Kier alpha value is -2.55. The van der Waals surface area contributed by atoms with Crippen LogP contribution >= 0.6 is 0 Å². The van der Waals surface area contributed by atoms with E-state index in [1.807, 2.05) is 4.90 Å². The summed E-state index contributed by atoms with van der Waals surface area (Å²) in [5, 5.41) is 3.82. The molecule has 0 radical (unpaired) electrons. The van der Waals surface area contributed by atoms with Gasteiger partial charge in [0.15, 0.2) is 5.82 Å². The van der Waals surface area contributed by atoms with Gasteiger partial charge < -0.3 is 14.2 Å². The van der Waals surface area contributed by atoms with Gasteiger partial charge in [0.2, 0.25) is 17.7 Å². The third kappa shape index (κ3) is 3.07. The molecule has 0 aliphatic carbocycles. The molecule has 0 N–H and O–H groups in total. The van der Waals surface area contributed by atoms with E-state index in [-0.39, 0.29) is 17.9 Å². The summed E-state index contributed by atoms with van der Waals surface area (Å²) in [7, 11) is 1.60. The van der Waals surface area contributed by atoms with Crippen molar-refractivity contribution < 1.29 is 14.1 Å². The van der Waals surface area contributed by atoms with E-state index in [0.717, 1.165) is 25.2 Å². The van der Waals surface area contributed by atoms with E-state index >= 15 is 0 Å². The average Bonchev–Trinajstić information content (AvgIpc) is 3.17. The first-order valence-corrected chi connectivity index (χ1v) is 8.29. The van der Waals surface area contributed by atoms with E-state index in [1.54, 1.807) is 20.2 Å². The standard InChI is InChI=1S/C16H20N6O3/c1-10-19-16(25-20-10)11-3-14(23)22(6-11)13-7-21(8-13)5-12-4-17-9-18-15(12)24-2/h4,9,11,13H,3,5-8H2,1-2H3.